The van der Waals surface area contributed by atoms with Crippen molar-refractivity contribution in [2.45, 2.75) is 40.2 Å². The predicted octanol–water partition coefficient (Wildman–Crippen LogP) is 5.46. The summed E-state index contributed by atoms with van der Waals surface area (Å²) in [7, 11) is 1.50. The number of methoxy groups -OCH3 is 1. The number of hydrogen-bond donors (Lipinski definition) is 1. The molecule has 0 spiro atoms. The Morgan fingerprint density at radius 2 is 1.86 bits per heavy atom. The highest BCUT2D eigenvalue weighted by Gasteiger charge is 2.48. The van der Waals surface area contributed by atoms with Crippen molar-refractivity contribution in [3.8, 4) is 23.0 Å². The monoisotopic (exact) mass is 622 g/mol. The van der Waals surface area contributed by atoms with Gasteiger partial charge >= 0.3 is 11.9 Å². The number of aromatic nitrogens is 1. The zero-order chi connectivity index (χ0) is 31.5. The van der Waals surface area contributed by atoms with Crippen LogP contribution >= 0.6 is 11.3 Å². The molecule has 5 rings (SSSR count). The summed E-state index contributed by atoms with van der Waals surface area (Å²) in [5.41, 5.74) is 0.914. The van der Waals surface area contributed by atoms with Gasteiger partial charge in [-0.05, 0) is 62.1 Å². The lowest BCUT2D eigenvalue weighted by molar-refractivity contribution is -0.132. The van der Waals surface area contributed by atoms with E-state index in [1.807, 2.05) is 0 Å². The molecule has 1 fully saturated rings. The quantitative estimate of drug-likeness (QED) is 0.134. The van der Waals surface area contributed by atoms with Crippen LogP contribution in [0.25, 0.3) is 5.76 Å². The fourth-order valence-electron chi connectivity index (χ4n) is 4.94. The number of carbonyl (C=O) groups is 3. The molecule has 0 bridgehead atoms. The molecule has 1 atom stereocenters. The number of ketones is 1. The topological polar surface area (TPSA) is 134 Å². The molecular formula is C32H34N2O9S. The number of benzene rings is 2. The smallest absolute Gasteiger partial charge is 0.350 e. The van der Waals surface area contributed by atoms with Crippen molar-refractivity contribution < 1.29 is 43.2 Å². The number of anilines is 1. The molecule has 1 unspecified atom stereocenters. The van der Waals surface area contributed by atoms with E-state index >= 15 is 0 Å². The number of fused-ring (bicyclic) bond motifs is 1. The van der Waals surface area contributed by atoms with Gasteiger partial charge in [-0.2, -0.15) is 0 Å². The van der Waals surface area contributed by atoms with Crippen molar-refractivity contribution in [2.24, 2.45) is 5.92 Å². The van der Waals surface area contributed by atoms with Crippen LogP contribution in [-0.2, 0) is 14.3 Å². The van der Waals surface area contributed by atoms with Gasteiger partial charge in [0.25, 0.3) is 5.78 Å². The summed E-state index contributed by atoms with van der Waals surface area (Å²) in [6.07, 6.45) is 0.840. The second-order valence-corrected chi connectivity index (χ2v) is 11.6. The van der Waals surface area contributed by atoms with Gasteiger partial charge in [-0.1, -0.05) is 31.3 Å². The normalized spacial score (nSPS) is 17.2. The number of thiazole rings is 1. The van der Waals surface area contributed by atoms with Crippen LogP contribution in [0.15, 0.2) is 42.0 Å². The molecule has 44 heavy (non-hydrogen) atoms. The highest BCUT2D eigenvalue weighted by atomic mass is 32.1. The summed E-state index contributed by atoms with van der Waals surface area (Å²) >= 11 is 0.935. The number of carbonyl (C=O) groups excluding carboxylic acids is 3. The minimum Gasteiger partial charge on any atom is -0.507 e. The number of hydrogen-bond acceptors (Lipinski definition) is 11. The lowest BCUT2D eigenvalue weighted by Crippen LogP contribution is -2.29. The molecule has 2 aliphatic rings. The second kappa shape index (κ2) is 13.0. The van der Waals surface area contributed by atoms with Crippen LogP contribution in [0, 0.1) is 12.8 Å². The molecule has 0 aliphatic carbocycles. The Balaban J connectivity index is 1.65. The van der Waals surface area contributed by atoms with E-state index in [4.69, 9.17) is 23.7 Å². The van der Waals surface area contributed by atoms with E-state index in [-0.39, 0.29) is 27.8 Å². The van der Waals surface area contributed by atoms with Gasteiger partial charge in [0.05, 0.1) is 37.6 Å². The number of ether oxygens (including phenoxy) is 5. The van der Waals surface area contributed by atoms with Crippen molar-refractivity contribution in [3.63, 3.8) is 0 Å². The van der Waals surface area contributed by atoms with E-state index in [1.54, 1.807) is 50.2 Å². The molecule has 2 aliphatic heterocycles. The molecule has 3 heterocycles. The Hall–Kier alpha value is -4.58. The largest absolute Gasteiger partial charge is 0.507 e. The standard InChI is InChI=1S/C32H34N2O9S/c1-6-40-31(38)29-18(4)33-32(44-29)34-26(19-7-9-21(23(15-19)39-5)41-12-11-17(2)3)25(28(36)30(34)37)27(35)20-8-10-22-24(16-20)43-14-13-42-22/h7-10,15-17,26,35H,6,11-14H2,1-5H3/b27-25+. The first-order valence-electron chi connectivity index (χ1n) is 14.3. The van der Waals surface area contributed by atoms with Crippen molar-refractivity contribution in [2.75, 3.05) is 38.4 Å². The zero-order valence-corrected chi connectivity index (χ0v) is 26.0. The third-order valence-electron chi connectivity index (χ3n) is 7.17. The number of amides is 1. The number of aliphatic hydroxyl groups is 1. The van der Waals surface area contributed by atoms with Gasteiger partial charge in [0.2, 0.25) is 0 Å². The van der Waals surface area contributed by atoms with Crippen LogP contribution in [0.3, 0.4) is 0 Å². The lowest BCUT2D eigenvalue weighted by atomic mass is 9.95. The molecule has 232 valence electrons. The van der Waals surface area contributed by atoms with Crippen LogP contribution in [0.1, 0.15) is 59.7 Å². The highest BCUT2D eigenvalue weighted by Crippen LogP contribution is 2.46. The summed E-state index contributed by atoms with van der Waals surface area (Å²) in [6, 6.07) is 8.76. The van der Waals surface area contributed by atoms with Gasteiger partial charge in [-0.15, -0.1) is 0 Å². The minimum absolute atomic E-state index is 0.107. The number of esters is 1. The summed E-state index contributed by atoms with van der Waals surface area (Å²) in [5, 5.41) is 11.7. The molecular weight excluding hydrogens is 588 g/mol. The summed E-state index contributed by atoms with van der Waals surface area (Å²) < 4.78 is 28.0. The van der Waals surface area contributed by atoms with Gasteiger partial charge < -0.3 is 28.8 Å². The molecule has 0 radical (unpaired) electrons. The van der Waals surface area contributed by atoms with Gasteiger partial charge in [0.1, 0.15) is 23.9 Å². The van der Waals surface area contributed by atoms with Gasteiger partial charge in [0, 0.05) is 5.56 Å². The van der Waals surface area contributed by atoms with Crippen LogP contribution < -0.4 is 23.8 Å². The Kier molecular flexibility index (Phi) is 9.09. The van der Waals surface area contributed by atoms with Crippen molar-refractivity contribution >= 4 is 39.9 Å². The number of rotatable bonds is 10. The molecule has 1 N–H and O–H groups in total. The van der Waals surface area contributed by atoms with Gasteiger partial charge in [-0.3, -0.25) is 14.5 Å². The average Bonchev–Trinajstić information content (AvgIpc) is 3.52. The Bertz CT molecular complexity index is 1630. The molecule has 12 heteroatoms. The lowest BCUT2D eigenvalue weighted by Gasteiger charge is -2.24. The van der Waals surface area contributed by atoms with Crippen molar-refractivity contribution in [3.05, 3.63) is 63.7 Å². The first-order chi connectivity index (χ1) is 21.1. The molecule has 1 saturated heterocycles. The molecule has 0 saturated carbocycles. The second-order valence-electron chi connectivity index (χ2n) is 10.6. The van der Waals surface area contributed by atoms with E-state index in [2.05, 4.69) is 18.8 Å². The molecule has 2 aromatic carbocycles. The van der Waals surface area contributed by atoms with Crippen LogP contribution in [-0.4, -0.2) is 61.3 Å². The summed E-state index contributed by atoms with van der Waals surface area (Å²) in [4.78, 5) is 45.9. The van der Waals surface area contributed by atoms with Crippen molar-refractivity contribution in [1.82, 2.24) is 4.98 Å². The van der Waals surface area contributed by atoms with Crippen molar-refractivity contribution in [1.29, 1.82) is 0 Å². The van der Waals surface area contributed by atoms with E-state index in [1.165, 1.54) is 12.0 Å². The van der Waals surface area contributed by atoms with Crippen LogP contribution in [0.4, 0.5) is 5.13 Å². The Morgan fingerprint density at radius 3 is 2.57 bits per heavy atom. The van der Waals surface area contributed by atoms with Crippen LogP contribution in [0.5, 0.6) is 23.0 Å². The number of Topliss-reactive ketones (excluding diaryl/α,β-unsaturated/α-hetero) is 1. The van der Waals surface area contributed by atoms with Gasteiger partial charge in [0.15, 0.2) is 28.1 Å². The Labute approximate surface area is 259 Å². The van der Waals surface area contributed by atoms with E-state index in [0.29, 0.717) is 60.0 Å². The third kappa shape index (κ3) is 5.94. The maximum atomic E-state index is 13.7. The fourth-order valence-corrected chi connectivity index (χ4v) is 5.93. The van der Waals surface area contributed by atoms with E-state index < -0.39 is 29.5 Å². The number of aryl methyl sites for hydroxylation is 1. The highest BCUT2D eigenvalue weighted by molar-refractivity contribution is 7.17. The minimum atomic E-state index is -1.11. The number of aliphatic hydroxyl groups excluding tert-OH is 1. The maximum absolute atomic E-state index is 13.7. The van der Waals surface area contributed by atoms with Crippen LogP contribution in [0.2, 0.25) is 0 Å². The first-order valence-corrected chi connectivity index (χ1v) is 15.1. The fraction of sp³-hybridized carbons (Fsp3) is 0.375. The third-order valence-corrected chi connectivity index (χ3v) is 8.31. The van der Waals surface area contributed by atoms with Gasteiger partial charge in [-0.25, -0.2) is 9.78 Å². The molecule has 1 amide bonds. The summed E-state index contributed by atoms with van der Waals surface area (Å²) in [5.74, 6) is -0.558. The summed E-state index contributed by atoms with van der Waals surface area (Å²) in [6.45, 7) is 8.88. The molecule has 1 aromatic heterocycles. The average molecular weight is 623 g/mol. The van der Waals surface area contributed by atoms with E-state index in [0.717, 1.165) is 17.8 Å². The zero-order valence-electron chi connectivity index (χ0n) is 25.2. The first kappa shape index (κ1) is 30.9. The predicted molar refractivity (Wildman–Crippen MR) is 163 cm³/mol. The molecule has 11 nitrogen and oxygen atoms in total. The van der Waals surface area contributed by atoms with E-state index in [9.17, 15) is 19.5 Å². The maximum Gasteiger partial charge on any atom is 0.350 e. The SMILES string of the molecule is CCOC(=O)c1sc(N2C(=O)C(=O)/C(=C(/O)c3ccc4c(c3)OCCO4)C2c2ccc(OCCC(C)C)c(OC)c2)nc1C. The number of nitrogens with zero attached hydrogens (tertiary/aromatic N) is 2. The Morgan fingerprint density at radius 1 is 1.11 bits per heavy atom. The molecule has 3 aromatic rings.